The summed E-state index contributed by atoms with van der Waals surface area (Å²) in [5, 5.41) is 0. The van der Waals surface area contributed by atoms with Gasteiger partial charge in [-0.25, -0.2) is 4.90 Å². The molecule has 7 nitrogen and oxygen atoms in total. The Balaban J connectivity index is 1.30. The normalized spacial score (nSPS) is 26.6. The number of esters is 1. The first-order valence-corrected chi connectivity index (χ1v) is 11.2. The average Bonchev–Trinajstić information content (AvgIpc) is 3.33. The fourth-order valence-electron chi connectivity index (χ4n) is 5.01. The molecular formula is C26H24N2O5. The minimum absolute atomic E-state index is 0.00123. The topological polar surface area (TPSA) is 84.0 Å². The zero-order valence-electron chi connectivity index (χ0n) is 18.2. The van der Waals surface area contributed by atoms with E-state index < -0.39 is 11.9 Å². The zero-order chi connectivity index (χ0) is 23.1. The van der Waals surface area contributed by atoms with Crippen molar-refractivity contribution in [1.29, 1.82) is 0 Å². The van der Waals surface area contributed by atoms with Gasteiger partial charge in [0.25, 0.3) is 0 Å². The van der Waals surface area contributed by atoms with Gasteiger partial charge in [0.15, 0.2) is 0 Å². The van der Waals surface area contributed by atoms with Gasteiger partial charge in [-0.15, -0.1) is 0 Å². The summed E-state index contributed by atoms with van der Waals surface area (Å²) in [5.74, 6) is -2.14. The van der Waals surface area contributed by atoms with Crippen LogP contribution in [0.15, 0.2) is 66.7 Å². The van der Waals surface area contributed by atoms with Gasteiger partial charge in [0.05, 0.1) is 23.4 Å². The Morgan fingerprint density at radius 2 is 1.73 bits per heavy atom. The summed E-state index contributed by atoms with van der Waals surface area (Å²) in [4.78, 5) is 54.0. The largest absolute Gasteiger partial charge is 0.426 e. The van der Waals surface area contributed by atoms with E-state index in [0.717, 1.165) is 5.69 Å². The van der Waals surface area contributed by atoms with Crippen molar-refractivity contribution in [2.24, 2.45) is 23.7 Å². The quantitative estimate of drug-likeness (QED) is 0.313. The number of hydrogen-bond donors (Lipinski definition) is 0. The van der Waals surface area contributed by atoms with Gasteiger partial charge < -0.3 is 9.64 Å². The maximum absolute atomic E-state index is 13.0. The SMILES string of the molecule is CC1C=CCC2C(=O)N(c3cccc(OC(=O)C4CC(=O)N(c5ccccc5)C4)c3)C(=O)C12. The number of imide groups is 1. The molecule has 3 amide bonds. The Labute approximate surface area is 191 Å². The third kappa shape index (κ3) is 3.73. The Morgan fingerprint density at radius 3 is 2.48 bits per heavy atom. The molecule has 33 heavy (non-hydrogen) atoms. The molecule has 4 unspecified atom stereocenters. The number of fused-ring (bicyclic) bond motifs is 1. The van der Waals surface area contributed by atoms with Crippen LogP contribution in [0, 0.1) is 23.7 Å². The molecule has 2 heterocycles. The summed E-state index contributed by atoms with van der Waals surface area (Å²) in [7, 11) is 0. The van der Waals surface area contributed by atoms with E-state index in [1.165, 1.54) is 11.0 Å². The van der Waals surface area contributed by atoms with E-state index in [9.17, 15) is 19.2 Å². The third-order valence-electron chi connectivity index (χ3n) is 6.69. The predicted octanol–water partition coefficient (Wildman–Crippen LogP) is 3.35. The smallest absolute Gasteiger partial charge is 0.316 e. The maximum Gasteiger partial charge on any atom is 0.316 e. The van der Waals surface area contributed by atoms with Gasteiger partial charge in [-0.3, -0.25) is 19.2 Å². The van der Waals surface area contributed by atoms with Crippen molar-refractivity contribution < 1.29 is 23.9 Å². The number of allylic oxidation sites excluding steroid dienone is 2. The summed E-state index contributed by atoms with van der Waals surface area (Å²) in [6.45, 7) is 2.19. The van der Waals surface area contributed by atoms with Crippen LogP contribution in [0.1, 0.15) is 19.8 Å². The van der Waals surface area contributed by atoms with Crippen LogP contribution in [-0.4, -0.2) is 30.2 Å². The van der Waals surface area contributed by atoms with Crippen LogP contribution in [0.5, 0.6) is 5.75 Å². The summed E-state index contributed by atoms with van der Waals surface area (Å²) in [6, 6.07) is 15.7. The maximum atomic E-state index is 13.0. The van der Waals surface area contributed by atoms with Crippen molar-refractivity contribution in [3.05, 3.63) is 66.7 Å². The summed E-state index contributed by atoms with van der Waals surface area (Å²) in [5.41, 5.74) is 1.14. The number of hydrogen-bond acceptors (Lipinski definition) is 5. The number of carbonyl (C=O) groups excluding carboxylic acids is 4. The lowest BCUT2D eigenvalue weighted by Gasteiger charge is -2.22. The van der Waals surface area contributed by atoms with Gasteiger partial charge in [-0.1, -0.05) is 43.3 Å². The summed E-state index contributed by atoms with van der Waals surface area (Å²) in [6.07, 6.45) is 4.57. The number of para-hydroxylation sites is 1. The number of carbonyl (C=O) groups is 4. The van der Waals surface area contributed by atoms with Gasteiger partial charge in [0, 0.05) is 24.7 Å². The molecule has 0 spiro atoms. The number of ether oxygens (including phenoxy) is 1. The van der Waals surface area contributed by atoms with E-state index in [-0.39, 0.29) is 54.2 Å². The molecule has 0 bridgehead atoms. The second-order valence-corrected chi connectivity index (χ2v) is 8.83. The highest BCUT2D eigenvalue weighted by Gasteiger charge is 2.50. The lowest BCUT2D eigenvalue weighted by Crippen LogP contribution is -2.31. The van der Waals surface area contributed by atoms with Gasteiger partial charge in [0.2, 0.25) is 17.7 Å². The molecule has 1 aliphatic carbocycles. The molecular weight excluding hydrogens is 420 g/mol. The van der Waals surface area contributed by atoms with Crippen molar-refractivity contribution >= 4 is 35.1 Å². The van der Waals surface area contributed by atoms with Gasteiger partial charge in [-0.2, -0.15) is 0 Å². The third-order valence-corrected chi connectivity index (χ3v) is 6.69. The number of anilines is 2. The molecule has 0 radical (unpaired) electrons. The standard InChI is InChI=1S/C26H24N2O5/c1-16-7-5-12-21-23(16)25(31)28(24(21)30)19-10-6-11-20(14-19)33-26(32)17-13-22(29)27(15-17)18-8-3-2-4-9-18/h2-11,14,16-17,21,23H,12-13,15H2,1H3. The van der Waals surface area contributed by atoms with Crippen molar-refractivity contribution in [2.45, 2.75) is 19.8 Å². The first-order chi connectivity index (χ1) is 15.9. The number of amides is 3. The molecule has 3 aliphatic rings. The lowest BCUT2D eigenvalue weighted by molar-refractivity contribution is -0.139. The number of rotatable bonds is 4. The highest BCUT2D eigenvalue weighted by atomic mass is 16.5. The monoisotopic (exact) mass is 444 g/mol. The second-order valence-electron chi connectivity index (χ2n) is 8.83. The Hall–Kier alpha value is -3.74. The molecule has 0 aromatic heterocycles. The van der Waals surface area contributed by atoms with Crippen molar-refractivity contribution in [3.8, 4) is 5.75 Å². The average molecular weight is 444 g/mol. The van der Waals surface area contributed by atoms with E-state index in [1.54, 1.807) is 23.1 Å². The van der Waals surface area contributed by atoms with Gasteiger partial charge >= 0.3 is 5.97 Å². The van der Waals surface area contributed by atoms with Crippen molar-refractivity contribution in [1.82, 2.24) is 0 Å². The fourth-order valence-corrected chi connectivity index (χ4v) is 5.01. The van der Waals surface area contributed by atoms with E-state index in [0.29, 0.717) is 12.1 Å². The van der Waals surface area contributed by atoms with Crippen LogP contribution >= 0.6 is 0 Å². The van der Waals surface area contributed by atoms with Crippen LogP contribution < -0.4 is 14.5 Å². The Morgan fingerprint density at radius 1 is 0.970 bits per heavy atom. The van der Waals surface area contributed by atoms with E-state index in [4.69, 9.17) is 4.74 Å². The van der Waals surface area contributed by atoms with Crippen molar-refractivity contribution in [3.63, 3.8) is 0 Å². The zero-order valence-corrected chi connectivity index (χ0v) is 18.2. The molecule has 2 aromatic rings. The van der Waals surface area contributed by atoms with Crippen LogP contribution in [0.2, 0.25) is 0 Å². The molecule has 2 aromatic carbocycles. The second kappa shape index (κ2) is 8.31. The molecule has 2 aliphatic heterocycles. The van der Waals surface area contributed by atoms with Crippen LogP contribution in [-0.2, 0) is 19.2 Å². The fraction of sp³-hybridized carbons (Fsp3) is 0.308. The first kappa shape index (κ1) is 21.1. The molecule has 4 atom stereocenters. The summed E-state index contributed by atoms with van der Waals surface area (Å²) >= 11 is 0. The molecule has 7 heteroatoms. The van der Waals surface area contributed by atoms with E-state index in [1.807, 2.05) is 49.4 Å². The Bertz CT molecular complexity index is 1160. The van der Waals surface area contributed by atoms with Gasteiger partial charge in [0.1, 0.15) is 5.75 Å². The first-order valence-electron chi connectivity index (χ1n) is 11.2. The molecule has 2 fully saturated rings. The molecule has 168 valence electrons. The predicted molar refractivity (Wildman–Crippen MR) is 121 cm³/mol. The summed E-state index contributed by atoms with van der Waals surface area (Å²) < 4.78 is 5.56. The van der Waals surface area contributed by atoms with Crippen LogP contribution in [0.4, 0.5) is 11.4 Å². The minimum Gasteiger partial charge on any atom is -0.426 e. The molecule has 5 rings (SSSR count). The highest BCUT2D eigenvalue weighted by Crippen LogP contribution is 2.41. The van der Waals surface area contributed by atoms with Crippen LogP contribution in [0.25, 0.3) is 0 Å². The van der Waals surface area contributed by atoms with Gasteiger partial charge in [-0.05, 0) is 36.6 Å². The van der Waals surface area contributed by atoms with E-state index in [2.05, 4.69) is 0 Å². The van der Waals surface area contributed by atoms with E-state index >= 15 is 0 Å². The lowest BCUT2D eigenvalue weighted by atomic mass is 9.78. The molecule has 0 saturated carbocycles. The Kier molecular flexibility index (Phi) is 5.32. The highest BCUT2D eigenvalue weighted by molar-refractivity contribution is 6.22. The molecule has 0 N–H and O–H groups in total. The van der Waals surface area contributed by atoms with Crippen molar-refractivity contribution in [2.75, 3.05) is 16.3 Å². The molecule has 2 saturated heterocycles. The minimum atomic E-state index is -0.591. The number of nitrogens with zero attached hydrogens (tertiary/aromatic N) is 2. The van der Waals surface area contributed by atoms with Crippen LogP contribution in [0.3, 0.4) is 0 Å². The number of benzene rings is 2.